The van der Waals surface area contributed by atoms with Crippen molar-refractivity contribution in [3.05, 3.63) is 110 Å². The third-order valence-corrected chi connectivity index (χ3v) is 6.52. The van der Waals surface area contributed by atoms with E-state index >= 15 is 0 Å². The minimum absolute atomic E-state index is 0.131. The van der Waals surface area contributed by atoms with Crippen molar-refractivity contribution in [2.45, 2.75) is 46.7 Å². The number of fused-ring (bicyclic) bond motifs is 2. The lowest BCUT2D eigenvalue weighted by molar-refractivity contribution is 0.0714. The van der Waals surface area contributed by atoms with E-state index in [1.165, 1.54) is 0 Å². The van der Waals surface area contributed by atoms with Gasteiger partial charge in [0.1, 0.15) is 11.3 Å². The summed E-state index contributed by atoms with van der Waals surface area (Å²) < 4.78 is 12.1. The maximum atomic E-state index is 13.9. The van der Waals surface area contributed by atoms with Gasteiger partial charge in [0.15, 0.2) is 5.43 Å². The van der Waals surface area contributed by atoms with Crippen molar-refractivity contribution in [2.75, 3.05) is 6.61 Å². The Hall–Kier alpha value is -3.86. The van der Waals surface area contributed by atoms with Crippen LogP contribution in [0.5, 0.6) is 5.75 Å². The maximum absolute atomic E-state index is 13.9. The summed E-state index contributed by atoms with van der Waals surface area (Å²) in [6.45, 7) is 8.91. The highest BCUT2D eigenvalue weighted by Crippen LogP contribution is 2.40. The first-order chi connectivity index (χ1) is 16.9. The zero-order valence-corrected chi connectivity index (χ0v) is 20.6. The zero-order valence-electron chi connectivity index (χ0n) is 20.6. The zero-order chi connectivity index (χ0) is 24.7. The standard InChI is InChI=1S/C30H29NO4/c1-5-13-34-23-8-6-7-22(16-23)26-25-27(32)24-15-19(3)14-20(4)28(24)35-29(25)30(33)31(26)17-21-11-9-18(2)10-12-21/h6-12,14-16,26H,5,13,17H2,1-4H3. The Bertz CT molecular complexity index is 1480. The second-order valence-corrected chi connectivity index (χ2v) is 9.37. The van der Waals surface area contributed by atoms with Gasteiger partial charge in [-0.2, -0.15) is 0 Å². The first kappa shape index (κ1) is 22.9. The van der Waals surface area contributed by atoms with Crippen LogP contribution in [-0.4, -0.2) is 17.4 Å². The molecule has 5 rings (SSSR count). The highest BCUT2D eigenvalue weighted by atomic mass is 16.5. The largest absolute Gasteiger partial charge is 0.494 e. The van der Waals surface area contributed by atoms with Gasteiger partial charge in [0.2, 0.25) is 5.76 Å². The molecule has 0 saturated carbocycles. The van der Waals surface area contributed by atoms with Crippen LogP contribution in [0.25, 0.3) is 11.0 Å². The van der Waals surface area contributed by atoms with Gasteiger partial charge in [-0.15, -0.1) is 0 Å². The van der Waals surface area contributed by atoms with Crippen LogP contribution < -0.4 is 10.2 Å². The smallest absolute Gasteiger partial charge is 0.291 e. The maximum Gasteiger partial charge on any atom is 0.291 e. The Labute approximate surface area is 205 Å². The summed E-state index contributed by atoms with van der Waals surface area (Å²) in [7, 11) is 0. The Morgan fingerprint density at radius 1 is 0.943 bits per heavy atom. The molecule has 4 aromatic rings. The van der Waals surface area contributed by atoms with Crippen LogP contribution in [-0.2, 0) is 6.54 Å². The van der Waals surface area contributed by atoms with Gasteiger partial charge in [-0.05, 0) is 67.6 Å². The van der Waals surface area contributed by atoms with Crippen molar-refractivity contribution in [1.82, 2.24) is 4.90 Å². The fraction of sp³-hybridized carbons (Fsp3) is 0.267. The fourth-order valence-electron chi connectivity index (χ4n) is 4.87. The summed E-state index contributed by atoms with van der Waals surface area (Å²) in [6, 6.07) is 19.0. The molecule has 2 heterocycles. The van der Waals surface area contributed by atoms with Crippen molar-refractivity contribution < 1.29 is 13.9 Å². The lowest BCUT2D eigenvalue weighted by atomic mass is 9.97. The third-order valence-electron chi connectivity index (χ3n) is 6.52. The van der Waals surface area contributed by atoms with E-state index in [1.54, 1.807) is 4.90 Å². The quantitative estimate of drug-likeness (QED) is 0.336. The summed E-state index contributed by atoms with van der Waals surface area (Å²) in [4.78, 5) is 29.4. The molecule has 1 aliphatic rings. The molecule has 0 bridgehead atoms. The number of ether oxygens (including phenoxy) is 1. The molecule has 0 fully saturated rings. The van der Waals surface area contributed by atoms with Gasteiger partial charge >= 0.3 is 0 Å². The van der Waals surface area contributed by atoms with Crippen molar-refractivity contribution >= 4 is 16.9 Å². The lowest BCUT2D eigenvalue weighted by Gasteiger charge is -2.25. The number of hydrogen-bond acceptors (Lipinski definition) is 4. The molecule has 0 saturated heterocycles. The van der Waals surface area contributed by atoms with Gasteiger partial charge in [-0.25, -0.2) is 0 Å². The molecule has 1 amide bonds. The third kappa shape index (κ3) is 4.12. The number of rotatable bonds is 6. The minimum Gasteiger partial charge on any atom is -0.494 e. The van der Waals surface area contributed by atoms with Gasteiger partial charge in [0.25, 0.3) is 5.91 Å². The number of amides is 1. The lowest BCUT2D eigenvalue weighted by Crippen LogP contribution is -2.29. The molecule has 178 valence electrons. The summed E-state index contributed by atoms with van der Waals surface area (Å²) in [5, 5.41) is 0.509. The average Bonchev–Trinajstić information content (AvgIpc) is 3.12. The van der Waals surface area contributed by atoms with Crippen LogP contribution in [0.1, 0.15) is 63.3 Å². The van der Waals surface area contributed by atoms with Crippen molar-refractivity contribution in [2.24, 2.45) is 0 Å². The molecule has 1 atom stereocenters. The number of carbonyl (C=O) groups excluding carboxylic acids is 1. The molecule has 35 heavy (non-hydrogen) atoms. The molecule has 0 N–H and O–H groups in total. The van der Waals surface area contributed by atoms with E-state index in [9.17, 15) is 9.59 Å². The van der Waals surface area contributed by atoms with Crippen LogP contribution in [0.4, 0.5) is 0 Å². The highest BCUT2D eigenvalue weighted by Gasteiger charge is 2.43. The Morgan fingerprint density at radius 2 is 1.71 bits per heavy atom. The Kier molecular flexibility index (Phi) is 5.93. The number of nitrogens with zero attached hydrogens (tertiary/aromatic N) is 1. The first-order valence-corrected chi connectivity index (χ1v) is 12.0. The molecule has 3 aromatic carbocycles. The van der Waals surface area contributed by atoms with E-state index < -0.39 is 6.04 Å². The van der Waals surface area contributed by atoms with E-state index in [0.717, 1.165) is 40.0 Å². The van der Waals surface area contributed by atoms with Crippen molar-refractivity contribution in [3.63, 3.8) is 0 Å². The molecule has 5 heteroatoms. The van der Waals surface area contributed by atoms with Gasteiger partial charge in [-0.3, -0.25) is 9.59 Å². The van der Waals surface area contributed by atoms with Crippen LogP contribution in [0.3, 0.4) is 0 Å². The molecular weight excluding hydrogens is 438 g/mol. The molecule has 5 nitrogen and oxygen atoms in total. The molecule has 1 unspecified atom stereocenters. The molecule has 0 spiro atoms. The summed E-state index contributed by atoms with van der Waals surface area (Å²) >= 11 is 0. The number of hydrogen-bond donors (Lipinski definition) is 0. The Morgan fingerprint density at radius 3 is 2.46 bits per heavy atom. The summed E-state index contributed by atoms with van der Waals surface area (Å²) in [5.74, 6) is 0.577. The van der Waals surface area contributed by atoms with Crippen LogP contribution in [0.15, 0.2) is 69.9 Å². The van der Waals surface area contributed by atoms with Crippen LogP contribution in [0, 0.1) is 20.8 Å². The van der Waals surface area contributed by atoms with Gasteiger partial charge in [0.05, 0.1) is 23.6 Å². The van der Waals surface area contributed by atoms with E-state index in [4.69, 9.17) is 9.15 Å². The fourth-order valence-corrected chi connectivity index (χ4v) is 4.87. The predicted molar refractivity (Wildman–Crippen MR) is 137 cm³/mol. The van der Waals surface area contributed by atoms with Crippen molar-refractivity contribution in [3.8, 4) is 5.75 Å². The van der Waals surface area contributed by atoms with Gasteiger partial charge < -0.3 is 14.1 Å². The van der Waals surface area contributed by atoms with E-state index in [-0.39, 0.29) is 17.1 Å². The SMILES string of the molecule is CCCOc1cccc(C2c3c(oc4c(C)cc(C)cc4c3=O)C(=O)N2Cc2ccc(C)cc2)c1. The molecular formula is C30H29NO4. The number of carbonyl (C=O) groups is 1. The Balaban J connectivity index is 1.70. The number of aryl methyl sites for hydroxylation is 3. The minimum atomic E-state index is -0.564. The normalized spacial score (nSPS) is 15.0. The van der Waals surface area contributed by atoms with Crippen molar-refractivity contribution in [1.29, 1.82) is 0 Å². The van der Waals surface area contributed by atoms with Gasteiger partial charge in [0, 0.05) is 6.54 Å². The second-order valence-electron chi connectivity index (χ2n) is 9.37. The summed E-state index contributed by atoms with van der Waals surface area (Å²) in [5.41, 5.74) is 5.51. The summed E-state index contributed by atoms with van der Waals surface area (Å²) in [6.07, 6.45) is 0.892. The predicted octanol–water partition coefficient (Wildman–Crippen LogP) is 6.25. The molecule has 1 aliphatic heterocycles. The average molecular weight is 468 g/mol. The van der Waals surface area contributed by atoms with Crippen LogP contribution in [0.2, 0.25) is 0 Å². The van der Waals surface area contributed by atoms with E-state index in [0.29, 0.717) is 29.7 Å². The second kappa shape index (κ2) is 9.06. The van der Waals surface area contributed by atoms with Crippen LogP contribution >= 0.6 is 0 Å². The molecule has 0 radical (unpaired) electrons. The molecule has 0 aliphatic carbocycles. The highest BCUT2D eigenvalue weighted by molar-refractivity contribution is 5.99. The van der Waals surface area contributed by atoms with E-state index in [2.05, 4.69) is 6.92 Å². The monoisotopic (exact) mass is 467 g/mol. The topological polar surface area (TPSA) is 59.8 Å². The number of benzene rings is 3. The first-order valence-electron chi connectivity index (χ1n) is 12.0. The molecule has 1 aromatic heterocycles. The van der Waals surface area contributed by atoms with E-state index in [1.807, 2.05) is 81.4 Å². The van der Waals surface area contributed by atoms with Gasteiger partial charge in [-0.1, -0.05) is 55.0 Å².